The molecule has 0 aliphatic rings. The lowest BCUT2D eigenvalue weighted by Gasteiger charge is -2.08. The average molecular weight is 396 g/mol. The molecule has 5 nitrogen and oxygen atoms in total. The van der Waals surface area contributed by atoms with Gasteiger partial charge >= 0.3 is 0 Å². The lowest BCUT2D eigenvalue weighted by molar-refractivity contribution is -0.121. The summed E-state index contributed by atoms with van der Waals surface area (Å²) in [7, 11) is 1.70. The number of carbonyl (C=O) groups is 1. The lowest BCUT2D eigenvalue weighted by atomic mass is 10.1. The maximum atomic E-state index is 12.1. The normalized spacial score (nSPS) is 10.6. The molecule has 0 bridgehead atoms. The number of pyridine rings is 1. The van der Waals surface area contributed by atoms with Gasteiger partial charge in [0.15, 0.2) is 0 Å². The molecule has 1 aromatic carbocycles. The molecule has 1 amide bonds. The van der Waals surface area contributed by atoms with Gasteiger partial charge in [0.2, 0.25) is 5.91 Å². The van der Waals surface area contributed by atoms with Gasteiger partial charge in [-0.15, -0.1) is 11.3 Å². The standard InChI is InChI=1S/C22H25N3O2S/c1-27-20-10-3-2-7-17(20)8-4-5-14-24-21(26)12-11-19-16-28-22(25-19)18-9-6-13-23-15-18/h2-3,6-7,9-10,13,15-16H,4-5,8,11-12,14H2,1H3,(H,24,26). The SMILES string of the molecule is COc1ccccc1CCCCNC(=O)CCc1csc(-c2cccnc2)n1. The summed E-state index contributed by atoms with van der Waals surface area (Å²) in [5, 5.41) is 5.96. The molecule has 0 saturated heterocycles. The van der Waals surface area contributed by atoms with Crippen molar-refractivity contribution in [2.75, 3.05) is 13.7 Å². The Labute approximate surface area is 169 Å². The highest BCUT2D eigenvalue weighted by atomic mass is 32.1. The third-order valence-electron chi connectivity index (χ3n) is 4.46. The van der Waals surface area contributed by atoms with E-state index in [1.165, 1.54) is 5.56 Å². The third kappa shape index (κ3) is 5.89. The van der Waals surface area contributed by atoms with Gasteiger partial charge in [0.1, 0.15) is 10.8 Å². The predicted octanol–water partition coefficient (Wildman–Crippen LogP) is 4.29. The Hall–Kier alpha value is -2.73. The van der Waals surface area contributed by atoms with E-state index in [0.717, 1.165) is 41.3 Å². The number of thiazole rings is 1. The van der Waals surface area contributed by atoms with Crippen LogP contribution in [0.1, 0.15) is 30.5 Å². The maximum Gasteiger partial charge on any atom is 0.220 e. The van der Waals surface area contributed by atoms with E-state index >= 15 is 0 Å². The summed E-state index contributed by atoms with van der Waals surface area (Å²) in [6.07, 6.45) is 7.59. The Kier molecular flexibility index (Phi) is 7.55. The van der Waals surface area contributed by atoms with Crippen LogP contribution in [0.5, 0.6) is 5.75 Å². The topological polar surface area (TPSA) is 64.1 Å². The molecule has 3 rings (SSSR count). The van der Waals surface area contributed by atoms with Crippen LogP contribution >= 0.6 is 11.3 Å². The number of hydrogen-bond donors (Lipinski definition) is 1. The van der Waals surface area contributed by atoms with Crippen LogP contribution in [0.3, 0.4) is 0 Å². The summed E-state index contributed by atoms with van der Waals surface area (Å²) in [6.45, 7) is 0.700. The molecule has 0 aliphatic carbocycles. The van der Waals surface area contributed by atoms with Crippen molar-refractivity contribution in [3.8, 4) is 16.3 Å². The van der Waals surface area contributed by atoms with Gasteiger partial charge in [-0.05, 0) is 49.4 Å². The molecule has 0 atom stereocenters. The van der Waals surface area contributed by atoms with Gasteiger partial charge in [-0.25, -0.2) is 4.98 Å². The number of nitrogens with zero attached hydrogens (tertiary/aromatic N) is 2. The lowest BCUT2D eigenvalue weighted by Crippen LogP contribution is -2.24. The van der Waals surface area contributed by atoms with E-state index in [4.69, 9.17) is 4.74 Å². The first-order valence-corrected chi connectivity index (χ1v) is 10.4. The van der Waals surface area contributed by atoms with Crippen molar-refractivity contribution in [1.29, 1.82) is 0 Å². The molecule has 0 saturated carbocycles. The number of rotatable bonds is 10. The van der Waals surface area contributed by atoms with Crippen molar-refractivity contribution in [3.05, 3.63) is 65.4 Å². The van der Waals surface area contributed by atoms with Crippen molar-refractivity contribution in [2.24, 2.45) is 0 Å². The van der Waals surface area contributed by atoms with Crippen molar-refractivity contribution in [3.63, 3.8) is 0 Å². The van der Waals surface area contributed by atoms with Crippen molar-refractivity contribution < 1.29 is 9.53 Å². The zero-order valence-electron chi connectivity index (χ0n) is 16.1. The minimum atomic E-state index is 0.0771. The van der Waals surface area contributed by atoms with E-state index in [9.17, 15) is 4.79 Å². The summed E-state index contributed by atoms with van der Waals surface area (Å²) in [5.74, 6) is 1.01. The van der Waals surface area contributed by atoms with Crippen LogP contribution in [0.15, 0.2) is 54.2 Å². The zero-order valence-corrected chi connectivity index (χ0v) is 16.9. The minimum absolute atomic E-state index is 0.0771. The second kappa shape index (κ2) is 10.6. The summed E-state index contributed by atoms with van der Waals surface area (Å²) in [6, 6.07) is 12.0. The number of para-hydroxylation sites is 1. The number of aryl methyl sites for hydroxylation is 2. The molecule has 1 N–H and O–H groups in total. The largest absolute Gasteiger partial charge is 0.496 e. The number of amides is 1. The first-order chi connectivity index (χ1) is 13.8. The monoisotopic (exact) mass is 395 g/mol. The van der Waals surface area contributed by atoms with E-state index in [1.807, 2.05) is 35.7 Å². The fourth-order valence-corrected chi connectivity index (χ4v) is 3.80. The zero-order chi connectivity index (χ0) is 19.6. The number of hydrogen-bond acceptors (Lipinski definition) is 5. The highest BCUT2D eigenvalue weighted by Crippen LogP contribution is 2.23. The first-order valence-electron chi connectivity index (χ1n) is 9.49. The molecule has 0 fully saturated rings. The van der Waals surface area contributed by atoms with Crippen LogP contribution in [0.25, 0.3) is 10.6 Å². The number of benzene rings is 1. The second-order valence-corrected chi connectivity index (χ2v) is 7.36. The maximum absolute atomic E-state index is 12.1. The Morgan fingerprint density at radius 1 is 1.14 bits per heavy atom. The second-order valence-electron chi connectivity index (χ2n) is 6.50. The molecule has 28 heavy (non-hydrogen) atoms. The molecule has 0 aliphatic heterocycles. The summed E-state index contributed by atoms with van der Waals surface area (Å²) < 4.78 is 5.37. The van der Waals surface area contributed by atoms with Gasteiger partial charge in [-0.2, -0.15) is 0 Å². The number of nitrogens with one attached hydrogen (secondary N) is 1. The molecule has 146 valence electrons. The van der Waals surface area contributed by atoms with Crippen LogP contribution in [-0.4, -0.2) is 29.5 Å². The number of methoxy groups -OCH3 is 1. The van der Waals surface area contributed by atoms with E-state index in [1.54, 1.807) is 30.8 Å². The smallest absolute Gasteiger partial charge is 0.220 e. The van der Waals surface area contributed by atoms with E-state index in [0.29, 0.717) is 19.4 Å². The number of aromatic nitrogens is 2. The van der Waals surface area contributed by atoms with Gasteiger partial charge in [0, 0.05) is 36.3 Å². The number of ether oxygens (including phenoxy) is 1. The van der Waals surface area contributed by atoms with Crippen LogP contribution in [0, 0.1) is 0 Å². The van der Waals surface area contributed by atoms with Gasteiger partial charge < -0.3 is 10.1 Å². The Morgan fingerprint density at radius 2 is 2.04 bits per heavy atom. The van der Waals surface area contributed by atoms with Crippen LogP contribution in [-0.2, 0) is 17.6 Å². The van der Waals surface area contributed by atoms with Gasteiger partial charge in [-0.3, -0.25) is 9.78 Å². The van der Waals surface area contributed by atoms with Gasteiger partial charge in [0.25, 0.3) is 0 Å². The number of carbonyl (C=O) groups excluding carboxylic acids is 1. The molecule has 6 heteroatoms. The Morgan fingerprint density at radius 3 is 2.86 bits per heavy atom. The third-order valence-corrected chi connectivity index (χ3v) is 5.40. The predicted molar refractivity (Wildman–Crippen MR) is 113 cm³/mol. The van der Waals surface area contributed by atoms with Crippen molar-refractivity contribution >= 4 is 17.2 Å². The molecule has 2 heterocycles. The highest BCUT2D eigenvalue weighted by molar-refractivity contribution is 7.13. The van der Waals surface area contributed by atoms with E-state index < -0.39 is 0 Å². The summed E-state index contributed by atoms with van der Waals surface area (Å²) >= 11 is 1.59. The summed E-state index contributed by atoms with van der Waals surface area (Å²) in [5.41, 5.74) is 3.18. The molecule has 3 aromatic rings. The van der Waals surface area contributed by atoms with Crippen molar-refractivity contribution in [2.45, 2.75) is 32.1 Å². The van der Waals surface area contributed by atoms with Gasteiger partial charge in [0.05, 0.1) is 12.8 Å². The van der Waals surface area contributed by atoms with Crippen LogP contribution < -0.4 is 10.1 Å². The average Bonchev–Trinajstić information content (AvgIpc) is 3.22. The summed E-state index contributed by atoms with van der Waals surface area (Å²) in [4.78, 5) is 20.8. The Bertz CT molecular complexity index is 880. The highest BCUT2D eigenvalue weighted by Gasteiger charge is 2.07. The Balaban J connectivity index is 1.33. The van der Waals surface area contributed by atoms with Crippen LogP contribution in [0.4, 0.5) is 0 Å². The molecule has 2 aromatic heterocycles. The van der Waals surface area contributed by atoms with Crippen molar-refractivity contribution in [1.82, 2.24) is 15.3 Å². The quantitative estimate of drug-likeness (QED) is 0.520. The van der Waals surface area contributed by atoms with Crippen LogP contribution in [0.2, 0.25) is 0 Å². The molecular formula is C22H25N3O2S. The van der Waals surface area contributed by atoms with E-state index in [2.05, 4.69) is 21.4 Å². The molecule has 0 spiro atoms. The molecule has 0 unspecified atom stereocenters. The minimum Gasteiger partial charge on any atom is -0.496 e. The van der Waals surface area contributed by atoms with Gasteiger partial charge in [-0.1, -0.05) is 18.2 Å². The fraction of sp³-hybridized carbons (Fsp3) is 0.318. The van der Waals surface area contributed by atoms with E-state index in [-0.39, 0.29) is 5.91 Å². The first kappa shape index (κ1) is 20.0. The molecule has 0 radical (unpaired) electrons. The number of unbranched alkanes of at least 4 members (excludes halogenated alkanes) is 1. The molecular weight excluding hydrogens is 370 g/mol. The fourth-order valence-electron chi connectivity index (χ4n) is 2.95.